The summed E-state index contributed by atoms with van der Waals surface area (Å²) in [5.41, 5.74) is 6.40. The molecule has 6 aromatic rings. The quantitative estimate of drug-likeness (QED) is 0.476. The maximum Gasteiger partial charge on any atom is 0.180 e. The minimum Gasteiger partial charge on any atom is -0.333 e. The van der Waals surface area contributed by atoms with Crippen LogP contribution in [0.25, 0.3) is 50.7 Å². The summed E-state index contributed by atoms with van der Waals surface area (Å²) in [6.07, 6.45) is 8.99. The molecular formula is C21H15N9. The average molecular weight is 393 g/mol. The second kappa shape index (κ2) is 6.31. The zero-order valence-corrected chi connectivity index (χ0v) is 15.9. The van der Waals surface area contributed by atoms with Gasteiger partial charge in [-0.2, -0.15) is 5.10 Å². The molecular weight excluding hydrogens is 378 g/mol. The Labute approximate surface area is 169 Å². The van der Waals surface area contributed by atoms with E-state index in [1.807, 2.05) is 48.0 Å². The summed E-state index contributed by atoms with van der Waals surface area (Å²) in [7, 11) is 0. The third-order valence-electron chi connectivity index (χ3n) is 4.96. The standard InChI is InChI=1S/C21H15N9/c1-12-10-30(11-25-12)17-5-7-23-20-19(17)26-21(27-20)18-13-8-15(14-4-2-3-6-22-14)24-9-16(13)28-29-18/h2-11H,1H3,(H,28,29)(H,23,26,27). The fourth-order valence-corrected chi connectivity index (χ4v) is 3.53. The zero-order chi connectivity index (χ0) is 20.1. The summed E-state index contributed by atoms with van der Waals surface area (Å²) in [5, 5.41) is 8.41. The maximum atomic E-state index is 4.68. The fourth-order valence-electron chi connectivity index (χ4n) is 3.53. The van der Waals surface area contributed by atoms with Gasteiger partial charge in [-0.05, 0) is 31.2 Å². The van der Waals surface area contributed by atoms with Crippen molar-refractivity contribution in [2.75, 3.05) is 0 Å². The second-order valence-electron chi connectivity index (χ2n) is 6.94. The molecule has 30 heavy (non-hydrogen) atoms. The molecule has 144 valence electrons. The van der Waals surface area contributed by atoms with Gasteiger partial charge in [-0.25, -0.2) is 15.0 Å². The van der Waals surface area contributed by atoms with Gasteiger partial charge in [-0.15, -0.1) is 0 Å². The van der Waals surface area contributed by atoms with Gasteiger partial charge in [0.25, 0.3) is 0 Å². The first-order valence-corrected chi connectivity index (χ1v) is 9.38. The summed E-state index contributed by atoms with van der Waals surface area (Å²) >= 11 is 0. The largest absolute Gasteiger partial charge is 0.333 e. The number of fused-ring (bicyclic) bond motifs is 2. The Morgan fingerprint density at radius 2 is 1.93 bits per heavy atom. The summed E-state index contributed by atoms with van der Waals surface area (Å²) in [5.74, 6) is 0.631. The molecule has 6 aromatic heterocycles. The highest BCUT2D eigenvalue weighted by molar-refractivity contribution is 5.94. The van der Waals surface area contributed by atoms with Gasteiger partial charge >= 0.3 is 0 Å². The highest BCUT2D eigenvalue weighted by Gasteiger charge is 2.17. The molecule has 6 rings (SSSR count). The smallest absolute Gasteiger partial charge is 0.180 e. The Balaban J connectivity index is 1.52. The number of aromatic amines is 2. The minimum absolute atomic E-state index is 0.615. The molecule has 0 bridgehead atoms. The van der Waals surface area contributed by atoms with Gasteiger partial charge in [0, 0.05) is 24.0 Å². The topological polar surface area (TPSA) is 114 Å². The van der Waals surface area contributed by atoms with E-state index in [1.165, 1.54) is 0 Å². The van der Waals surface area contributed by atoms with Gasteiger partial charge in [-0.3, -0.25) is 15.1 Å². The van der Waals surface area contributed by atoms with E-state index in [9.17, 15) is 0 Å². The molecule has 0 saturated heterocycles. The summed E-state index contributed by atoms with van der Waals surface area (Å²) < 4.78 is 1.95. The van der Waals surface area contributed by atoms with Crippen LogP contribution in [0.2, 0.25) is 0 Å². The van der Waals surface area contributed by atoms with Crippen LogP contribution in [-0.2, 0) is 0 Å². The molecule has 0 aromatic carbocycles. The van der Waals surface area contributed by atoms with E-state index in [2.05, 4.69) is 40.1 Å². The number of nitrogens with zero attached hydrogens (tertiary/aromatic N) is 7. The van der Waals surface area contributed by atoms with Crippen LogP contribution in [-0.4, -0.2) is 44.7 Å². The van der Waals surface area contributed by atoms with Crippen molar-refractivity contribution in [2.45, 2.75) is 6.92 Å². The first-order chi connectivity index (χ1) is 14.8. The first kappa shape index (κ1) is 16.5. The van der Waals surface area contributed by atoms with E-state index in [4.69, 9.17) is 0 Å². The molecule has 6 heterocycles. The summed E-state index contributed by atoms with van der Waals surface area (Å²) in [4.78, 5) is 25.7. The van der Waals surface area contributed by atoms with Crippen LogP contribution in [0.3, 0.4) is 0 Å². The molecule has 0 amide bonds. The summed E-state index contributed by atoms with van der Waals surface area (Å²) in [6.45, 7) is 1.95. The summed E-state index contributed by atoms with van der Waals surface area (Å²) in [6, 6.07) is 9.65. The second-order valence-corrected chi connectivity index (χ2v) is 6.94. The molecule has 0 aliphatic rings. The Hall–Kier alpha value is -4.40. The third kappa shape index (κ3) is 2.56. The van der Waals surface area contributed by atoms with Gasteiger partial charge in [0.2, 0.25) is 0 Å². The van der Waals surface area contributed by atoms with Crippen LogP contribution in [0.15, 0.2) is 61.4 Å². The molecule has 0 radical (unpaired) electrons. The van der Waals surface area contributed by atoms with Crippen molar-refractivity contribution in [3.63, 3.8) is 0 Å². The van der Waals surface area contributed by atoms with Gasteiger partial charge in [0.1, 0.15) is 11.2 Å². The lowest BCUT2D eigenvalue weighted by molar-refractivity contribution is 1.06. The van der Waals surface area contributed by atoms with Crippen molar-refractivity contribution in [1.82, 2.24) is 44.7 Å². The highest BCUT2D eigenvalue weighted by Crippen LogP contribution is 2.29. The van der Waals surface area contributed by atoms with Gasteiger partial charge in [-0.1, -0.05) is 6.07 Å². The predicted molar refractivity (Wildman–Crippen MR) is 112 cm³/mol. The molecule has 0 unspecified atom stereocenters. The van der Waals surface area contributed by atoms with E-state index in [0.717, 1.165) is 39.2 Å². The Morgan fingerprint density at radius 1 is 0.967 bits per heavy atom. The zero-order valence-electron chi connectivity index (χ0n) is 15.9. The lowest BCUT2D eigenvalue weighted by Crippen LogP contribution is -1.92. The predicted octanol–water partition coefficient (Wildman–Crippen LogP) is 3.45. The van der Waals surface area contributed by atoms with Crippen LogP contribution >= 0.6 is 0 Å². The van der Waals surface area contributed by atoms with Gasteiger partial charge < -0.3 is 9.55 Å². The van der Waals surface area contributed by atoms with E-state index < -0.39 is 0 Å². The number of H-pyrrole nitrogens is 2. The van der Waals surface area contributed by atoms with Crippen molar-refractivity contribution in [3.8, 4) is 28.6 Å². The minimum atomic E-state index is 0.615. The Morgan fingerprint density at radius 3 is 2.77 bits per heavy atom. The van der Waals surface area contributed by atoms with Crippen LogP contribution < -0.4 is 0 Å². The maximum absolute atomic E-state index is 4.68. The lowest BCUT2D eigenvalue weighted by atomic mass is 10.1. The Kier molecular flexibility index (Phi) is 3.48. The van der Waals surface area contributed by atoms with E-state index in [0.29, 0.717) is 17.2 Å². The van der Waals surface area contributed by atoms with Crippen molar-refractivity contribution < 1.29 is 0 Å². The molecule has 2 N–H and O–H groups in total. The number of pyridine rings is 3. The molecule has 0 aliphatic carbocycles. The number of nitrogens with one attached hydrogen (secondary N) is 2. The number of hydrogen-bond donors (Lipinski definition) is 2. The SMILES string of the molecule is Cc1cn(-c2ccnc3nc(-c4n[nH]c5cnc(-c6ccccn6)cc45)[nH]c23)cn1. The Bertz CT molecular complexity index is 1510. The monoisotopic (exact) mass is 393 g/mol. The number of rotatable bonds is 3. The lowest BCUT2D eigenvalue weighted by Gasteiger charge is -2.02. The number of aromatic nitrogens is 9. The van der Waals surface area contributed by atoms with Crippen LogP contribution in [0, 0.1) is 6.92 Å². The third-order valence-corrected chi connectivity index (χ3v) is 4.96. The number of imidazole rings is 2. The molecule has 0 aliphatic heterocycles. The van der Waals surface area contributed by atoms with Gasteiger partial charge in [0.15, 0.2) is 11.5 Å². The molecule has 9 nitrogen and oxygen atoms in total. The van der Waals surface area contributed by atoms with E-state index in [1.54, 1.807) is 24.9 Å². The fraction of sp³-hybridized carbons (Fsp3) is 0.0476. The number of aryl methyl sites for hydroxylation is 1. The molecule has 0 saturated carbocycles. The molecule has 9 heteroatoms. The highest BCUT2D eigenvalue weighted by atomic mass is 15.2. The normalized spacial score (nSPS) is 11.5. The average Bonchev–Trinajstić information content (AvgIpc) is 3.51. The van der Waals surface area contributed by atoms with E-state index >= 15 is 0 Å². The van der Waals surface area contributed by atoms with Crippen LogP contribution in [0.5, 0.6) is 0 Å². The molecule has 0 spiro atoms. The van der Waals surface area contributed by atoms with Crippen molar-refractivity contribution in [1.29, 1.82) is 0 Å². The van der Waals surface area contributed by atoms with Crippen molar-refractivity contribution >= 4 is 22.1 Å². The van der Waals surface area contributed by atoms with Crippen molar-refractivity contribution in [3.05, 3.63) is 67.1 Å². The van der Waals surface area contributed by atoms with Gasteiger partial charge in [0.05, 0.1) is 40.8 Å². The first-order valence-electron chi connectivity index (χ1n) is 9.38. The van der Waals surface area contributed by atoms with Crippen LogP contribution in [0.4, 0.5) is 0 Å². The molecule has 0 fully saturated rings. The number of hydrogen-bond acceptors (Lipinski definition) is 6. The molecule has 0 atom stereocenters. The van der Waals surface area contributed by atoms with E-state index in [-0.39, 0.29) is 0 Å². The van der Waals surface area contributed by atoms with Crippen LogP contribution in [0.1, 0.15) is 5.69 Å². The van der Waals surface area contributed by atoms with Crippen molar-refractivity contribution in [2.24, 2.45) is 0 Å².